The standard InChI is InChI=1S/C27H32N4O3S/c1-17-13-18(2)15-31(14-17)26(33)19-7-3-5-9-21(19)29-23(32)11-12-30-16-28-25-24(27(30)34)20-8-4-6-10-22(20)35-25/h3,5,7,9,16-18H,4,6,8,10-15H2,1-2H3,(H,29,32). The van der Waals surface area contributed by atoms with Crippen molar-refractivity contribution in [2.45, 2.75) is 58.9 Å². The van der Waals surface area contributed by atoms with Crippen molar-refractivity contribution in [1.29, 1.82) is 0 Å². The fourth-order valence-electron chi connectivity index (χ4n) is 5.55. The SMILES string of the molecule is CC1CC(C)CN(C(=O)c2ccccc2NC(=O)CCn2cnc3sc4c(c3c2=O)CCCC4)C1. The zero-order chi connectivity index (χ0) is 24.5. The molecule has 1 fully saturated rings. The Bertz CT molecular complexity index is 1320. The van der Waals surface area contributed by atoms with Gasteiger partial charge in [-0.1, -0.05) is 26.0 Å². The number of piperidine rings is 1. The number of para-hydroxylation sites is 1. The number of anilines is 1. The molecule has 5 rings (SSSR count). The number of rotatable bonds is 5. The van der Waals surface area contributed by atoms with Crippen LogP contribution in [0.1, 0.15) is 60.3 Å². The molecule has 8 heteroatoms. The van der Waals surface area contributed by atoms with E-state index in [0.29, 0.717) is 23.1 Å². The second kappa shape index (κ2) is 9.93. The summed E-state index contributed by atoms with van der Waals surface area (Å²) in [5.74, 6) is 0.641. The van der Waals surface area contributed by atoms with Gasteiger partial charge < -0.3 is 10.2 Å². The number of hydrogen-bond donors (Lipinski definition) is 1. The summed E-state index contributed by atoms with van der Waals surface area (Å²) >= 11 is 1.63. The van der Waals surface area contributed by atoms with Crippen LogP contribution in [0.25, 0.3) is 10.2 Å². The Labute approximate surface area is 209 Å². The maximum absolute atomic E-state index is 13.3. The van der Waals surface area contributed by atoms with Gasteiger partial charge in [0.15, 0.2) is 0 Å². The summed E-state index contributed by atoms with van der Waals surface area (Å²) in [4.78, 5) is 47.7. The highest BCUT2D eigenvalue weighted by Crippen LogP contribution is 2.33. The largest absolute Gasteiger partial charge is 0.338 e. The van der Waals surface area contributed by atoms with Crippen LogP contribution >= 0.6 is 11.3 Å². The highest BCUT2D eigenvalue weighted by atomic mass is 32.1. The van der Waals surface area contributed by atoms with Gasteiger partial charge in [-0.05, 0) is 61.6 Å². The van der Waals surface area contributed by atoms with Crippen LogP contribution in [-0.4, -0.2) is 39.4 Å². The minimum Gasteiger partial charge on any atom is -0.338 e. The number of carbonyl (C=O) groups is 2. The summed E-state index contributed by atoms with van der Waals surface area (Å²) < 4.78 is 1.54. The maximum atomic E-state index is 13.3. The molecule has 2 unspecified atom stereocenters. The lowest BCUT2D eigenvalue weighted by molar-refractivity contribution is -0.116. The second-order valence-corrected chi connectivity index (χ2v) is 11.2. The van der Waals surface area contributed by atoms with E-state index < -0.39 is 0 Å². The number of aromatic nitrogens is 2. The summed E-state index contributed by atoms with van der Waals surface area (Å²) in [7, 11) is 0. The molecule has 2 aliphatic rings. The van der Waals surface area contributed by atoms with Crippen molar-refractivity contribution >= 4 is 39.1 Å². The Morgan fingerprint density at radius 3 is 2.66 bits per heavy atom. The van der Waals surface area contributed by atoms with Crippen LogP contribution in [-0.2, 0) is 24.2 Å². The van der Waals surface area contributed by atoms with Crippen LogP contribution in [0, 0.1) is 11.8 Å². The second-order valence-electron chi connectivity index (χ2n) is 10.1. The first kappa shape index (κ1) is 23.7. The predicted molar refractivity (Wildman–Crippen MR) is 139 cm³/mol. The number of benzene rings is 1. The van der Waals surface area contributed by atoms with Crippen molar-refractivity contribution in [3.05, 3.63) is 57.0 Å². The molecule has 1 N–H and O–H groups in total. The molecule has 1 aliphatic carbocycles. The number of hydrogen-bond acceptors (Lipinski definition) is 5. The number of likely N-dealkylation sites (tertiary alicyclic amines) is 1. The molecule has 184 valence electrons. The van der Waals surface area contributed by atoms with E-state index in [2.05, 4.69) is 24.1 Å². The molecule has 2 amide bonds. The van der Waals surface area contributed by atoms with Crippen LogP contribution < -0.4 is 10.9 Å². The molecule has 1 aromatic carbocycles. The molecular formula is C27H32N4O3S. The smallest absolute Gasteiger partial charge is 0.262 e. The normalized spacial score (nSPS) is 20.0. The average Bonchev–Trinajstić information content (AvgIpc) is 3.22. The highest BCUT2D eigenvalue weighted by Gasteiger charge is 2.27. The first-order valence-electron chi connectivity index (χ1n) is 12.6. The number of nitrogens with zero attached hydrogens (tertiary/aromatic N) is 3. The molecule has 1 aliphatic heterocycles. The van der Waals surface area contributed by atoms with Gasteiger partial charge in [0.25, 0.3) is 11.5 Å². The molecule has 35 heavy (non-hydrogen) atoms. The molecule has 3 heterocycles. The Morgan fingerprint density at radius 1 is 1.11 bits per heavy atom. The van der Waals surface area contributed by atoms with Gasteiger partial charge in [0.05, 0.1) is 23.0 Å². The van der Waals surface area contributed by atoms with Crippen molar-refractivity contribution in [3.8, 4) is 0 Å². The van der Waals surface area contributed by atoms with E-state index in [1.807, 2.05) is 17.0 Å². The minimum atomic E-state index is -0.232. The van der Waals surface area contributed by atoms with Crippen molar-refractivity contribution in [1.82, 2.24) is 14.5 Å². The molecule has 0 bridgehead atoms. The van der Waals surface area contributed by atoms with E-state index in [1.54, 1.807) is 29.8 Å². The van der Waals surface area contributed by atoms with Crippen LogP contribution in [0.3, 0.4) is 0 Å². The Balaban J connectivity index is 1.28. The van der Waals surface area contributed by atoms with E-state index in [9.17, 15) is 14.4 Å². The third-order valence-corrected chi connectivity index (χ3v) is 8.31. The lowest BCUT2D eigenvalue weighted by atomic mass is 9.91. The fourth-order valence-corrected chi connectivity index (χ4v) is 6.77. The monoisotopic (exact) mass is 492 g/mol. The Kier molecular flexibility index (Phi) is 6.73. The van der Waals surface area contributed by atoms with E-state index in [1.165, 1.54) is 9.44 Å². The van der Waals surface area contributed by atoms with Crippen LogP contribution in [0.2, 0.25) is 0 Å². The quantitative estimate of drug-likeness (QED) is 0.569. The van der Waals surface area contributed by atoms with Crippen LogP contribution in [0.5, 0.6) is 0 Å². The van der Waals surface area contributed by atoms with Gasteiger partial charge in [0, 0.05) is 30.9 Å². The van der Waals surface area contributed by atoms with E-state index in [-0.39, 0.29) is 30.3 Å². The lowest BCUT2D eigenvalue weighted by Gasteiger charge is -2.35. The molecule has 0 spiro atoms. The number of nitrogens with one attached hydrogen (secondary N) is 1. The van der Waals surface area contributed by atoms with Crippen molar-refractivity contribution in [2.75, 3.05) is 18.4 Å². The van der Waals surface area contributed by atoms with Gasteiger partial charge in [0.1, 0.15) is 4.83 Å². The van der Waals surface area contributed by atoms with Crippen molar-refractivity contribution in [3.63, 3.8) is 0 Å². The van der Waals surface area contributed by atoms with Crippen molar-refractivity contribution in [2.24, 2.45) is 11.8 Å². The van der Waals surface area contributed by atoms with Gasteiger partial charge in [-0.2, -0.15) is 0 Å². The molecule has 0 saturated carbocycles. The zero-order valence-electron chi connectivity index (χ0n) is 20.4. The molecule has 1 saturated heterocycles. The number of aryl methyl sites for hydroxylation is 3. The van der Waals surface area contributed by atoms with Gasteiger partial charge in [-0.15, -0.1) is 11.3 Å². The molecule has 2 aromatic heterocycles. The summed E-state index contributed by atoms with van der Waals surface area (Å²) in [5, 5.41) is 3.63. The van der Waals surface area contributed by atoms with Gasteiger partial charge in [-0.25, -0.2) is 4.98 Å². The number of thiophene rings is 1. The van der Waals surface area contributed by atoms with Gasteiger partial charge in [0.2, 0.25) is 5.91 Å². The van der Waals surface area contributed by atoms with Gasteiger partial charge >= 0.3 is 0 Å². The van der Waals surface area contributed by atoms with E-state index >= 15 is 0 Å². The third kappa shape index (κ3) is 4.89. The molecule has 2 atom stereocenters. The predicted octanol–water partition coefficient (Wildman–Crippen LogP) is 4.48. The van der Waals surface area contributed by atoms with Gasteiger partial charge in [-0.3, -0.25) is 19.0 Å². The number of fused-ring (bicyclic) bond motifs is 3. The highest BCUT2D eigenvalue weighted by molar-refractivity contribution is 7.18. The van der Waals surface area contributed by atoms with Crippen LogP contribution in [0.4, 0.5) is 5.69 Å². The molecular weight excluding hydrogens is 460 g/mol. The first-order valence-corrected chi connectivity index (χ1v) is 13.4. The Morgan fingerprint density at radius 2 is 1.86 bits per heavy atom. The third-order valence-electron chi connectivity index (χ3n) is 7.11. The number of carbonyl (C=O) groups excluding carboxylic acids is 2. The number of amides is 2. The fraction of sp³-hybridized carbons (Fsp3) is 0.481. The van der Waals surface area contributed by atoms with Crippen LogP contribution in [0.15, 0.2) is 35.4 Å². The maximum Gasteiger partial charge on any atom is 0.262 e. The zero-order valence-corrected chi connectivity index (χ0v) is 21.2. The van der Waals surface area contributed by atoms with E-state index in [0.717, 1.165) is 61.0 Å². The summed E-state index contributed by atoms with van der Waals surface area (Å²) in [5.41, 5.74) is 2.11. The average molecular weight is 493 g/mol. The lowest BCUT2D eigenvalue weighted by Crippen LogP contribution is -2.42. The van der Waals surface area contributed by atoms with E-state index in [4.69, 9.17) is 0 Å². The minimum absolute atomic E-state index is 0.0487. The molecule has 7 nitrogen and oxygen atoms in total. The van der Waals surface area contributed by atoms with Crippen molar-refractivity contribution < 1.29 is 9.59 Å². The Hall–Kier alpha value is -3.00. The first-order chi connectivity index (χ1) is 16.9. The summed E-state index contributed by atoms with van der Waals surface area (Å²) in [6, 6.07) is 7.17. The summed E-state index contributed by atoms with van der Waals surface area (Å²) in [6.45, 7) is 6.05. The molecule has 3 aromatic rings. The summed E-state index contributed by atoms with van der Waals surface area (Å²) in [6.07, 6.45) is 7.00. The molecule has 0 radical (unpaired) electrons. The topological polar surface area (TPSA) is 84.3 Å².